The van der Waals surface area contributed by atoms with Crippen LogP contribution in [0.15, 0.2) is 224 Å². The molecule has 56 heavy (non-hydrogen) atoms. The maximum absolute atomic E-state index is 5.28. The van der Waals surface area contributed by atoms with Crippen LogP contribution in [-0.2, 0) is 10.8 Å². The molecule has 0 N–H and O–H groups in total. The first-order chi connectivity index (χ1) is 27.8. The van der Waals surface area contributed by atoms with E-state index >= 15 is 0 Å². The Bertz CT molecular complexity index is 2840. The predicted molar refractivity (Wildman–Crippen MR) is 230 cm³/mol. The molecule has 2 aliphatic carbocycles. The van der Waals surface area contributed by atoms with E-state index in [1.54, 1.807) is 0 Å². The van der Waals surface area contributed by atoms with Gasteiger partial charge in [-0.05, 0) is 78.9 Å². The molecular formula is C55H37N. The van der Waals surface area contributed by atoms with E-state index in [9.17, 15) is 0 Å². The average molecular weight is 712 g/mol. The number of pyridine rings is 1. The van der Waals surface area contributed by atoms with E-state index in [2.05, 4.69) is 224 Å². The van der Waals surface area contributed by atoms with Crippen LogP contribution in [0.4, 0.5) is 0 Å². The summed E-state index contributed by atoms with van der Waals surface area (Å²) in [6.45, 7) is 0. The second kappa shape index (κ2) is 12.8. The Morgan fingerprint density at radius 2 is 0.661 bits per heavy atom. The number of fused-ring (bicyclic) bond motifs is 5. The lowest BCUT2D eigenvalue weighted by Crippen LogP contribution is -2.44. The number of rotatable bonds is 6. The van der Waals surface area contributed by atoms with Gasteiger partial charge in [-0.15, -0.1) is 0 Å². The second-order valence-electron chi connectivity index (χ2n) is 15.0. The van der Waals surface area contributed by atoms with Crippen LogP contribution >= 0.6 is 0 Å². The number of hydrogen-bond donors (Lipinski definition) is 0. The third-order valence-corrected chi connectivity index (χ3v) is 12.2. The summed E-state index contributed by atoms with van der Waals surface area (Å²) in [5.74, 6) is 0. The van der Waals surface area contributed by atoms with E-state index in [0.717, 1.165) is 28.1 Å². The summed E-state index contributed by atoms with van der Waals surface area (Å²) in [5.41, 5.74) is 18.3. The van der Waals surface area contributed by atoms with Crippen molar-refractivity contribution in [3.63, 3.8) is 0 Å². The minimum atomic E-state index is -0.663. The molecule has 1 heteroatoms. The van der Waals surface area contributed by atoms with Gasteiger partial charge in [0.15, 0.2) is 0 Å². The van der Waals surface area contributed by atoms with E-state index in [1.807, 2.05) is 0 Å². The van der Waals surface area contributed by atoms with Crippen molar-refractivity contribution in [2.75, 3.05) is 0 Å². The quantitative estimate of drug-likeness (QED) is 0.167. The zero-order valence-corrected chi connectivity index (χ0v) is 30.8. The Kier molecular flexibility index (Phi) is 7.37. The maximum Gasteiger partial charge on any atom is 0.0720 e. The van der Waals surface area contributed by atoms with E-state index in [-0.39, 0.29) is 0 Å². The van der Waals surface area contributed by atoms with Crippen LogP contribution in [0.1, 0.15) is 44.5 Å². The maximum atomic E-state index is 5.28. The van der Waals surface area contributed by atoms with Crippen LogP contribution < -0.4 is 0 Å². The Balaban J connectivity index is 1.29. The zero-order valence-electron chi connectivity index (χ0n) is 30.8. The summed E-state index contributed by atoms with van der Waals surface area (Å²) in [6.07, 6.45) is 0. The molecule has 11 rings (SSSR count). The van der Waals surface area contributed by atoms with Gasteiger partial charge in [0.2, 0.25) is 0 Å². The minimum Gasteiger partial charge on any atom is -0.248 e. The minimum absolute atomic E-state index is 0.495. The lowest BCUT2D eigenvalue weighted by molar-refractivity contribution is 0.627. The Labute approximate surface area is 328 Å². The lowest BCUT2D eigenvalue weighted by atomic mass is 9.51. The van der Waals surface area contributed by atoms with Crippen LogP contribution in [0.25, 0.3) is 44.8 Å². The van der Waals surface area contributed by atoms with E-state index < -0.39 is 10.8 Å². The van der Waals surface area contributed by atoms with Crippen molar-refractivity contribution in [2.24, 2.45) is 0 Å². The smallest absolute Gasteiger partial charge is 0.0720 e. The Morgan fingerprint density at radius 3 is 1.23 bits per heavy atom. The van der Waals surface area contributed by atoms with E-state index in [1.165, 1.54) is 61.2 Å². The first-order valence-corrected chi connectivity index (χ1v) is 19.5. The molecule has 0 saturated heterocycles. The molecule has 0 spiro atoms. The highest BCUT2D eigenvalue weighted by atomic mass is 14.7. The highest BCUT2D eigenvalue weighted by molar-refractivity contribution is 5.93. The number of benzene rings is 8. The van der Waals surface area contributed by atoms with Gasteiger partial charge in [0, 0.05) is 11.1 Å². The van der Waals surface area contributed by atoms with Crippen molar-refractivity contribution in [1.82, 2.24) is 4.98 Å². The third-order valence-electron chi connectivity index (χ3n) is 12.2. The molecule has 2 unspecified atom stereocenters. The molecule has 8 aromatic carbocycles. The van der Waals surface area contributed by atoms with E-state index in [4.69, 9.17) is 4.98 Å². The van der Waals surface area contributed by atoms with Gasteiger partial charge in [-0.25, -0.2) is 4.98 Å². The largest absolute Gasteiger partial charge is 0.248 e. The Morgan fingerprint density at radius 1 is 0.268 bits per heavy atom. The molecule has 0 amide bonds. The summed E-state index contributed by atoms with van der Waals surface area (Å²) in [5, 5.41) is 0. The molecule has 0 bridgehead atoms. The van der Waals surface area contributed by atoms with Crippen molar-refractivity contribution in [1.29, 1.82) is 0 Å². The van der Waals surface area contributed by atoms with Crippen LogP contribution in [0.3, 0.4) is 0 Å². The zero-order chi connectivity index (χ0) is 37.1. The van der Waals surface area contributed by atoms with Crippen LogP contribution in [0.5, 0.6) is 0 Å². The summed E-state index contributed by atoms with van der Waals surface area (Å²) in [6, 6.07) is 82.6. The first kappa shape index (κ1) is 32.3. The molecule has 0 aliphatic heterocycles. The molecule has 9 aromatic rings. The number of aromatic nitrogens is 1. The molecule has 1 nitrogen and oxygen atoms in total. The van der Waals surface area contributed by atoms with Crippen molar-refractivity contribution in [2.45, 2.75) is 10.8 Å². The van der Waals surface area contributed by atoms with Crippen LogP contribution in [0.2, 0.25) is 0 Å². The van der Waals surface area contributed by atoms with Crippen molar-refractivity contribution in [3.8, 4) is 44.8 Å². The number of nitrogens with zero attached hydrogens (tertiary/aromatic N) is 1. The highest BCUT2D eigenvalue weighted by Gasteiger charge is 2.57. The van der Waals surface area contributed by atoms with Gasteiger partial charge >= 0.3 is 0 Å². The Hall–Kier alpha value is -7.09. The fourth-order valence-electron chi connectivity index (χ4n) is 10.1. The molecule has 0 radical (unpaired) electrons. The van der Waals surface area contributed by atoms with Crippen molar-refractivity contribution < 1.29 is 0 Å². The standard InChI is InChI=1S/C55H37N/c1-5-20-38(21-6-1)51-36-40(37-52(56-51)39-22-7-2-8-23-39)43-28-13-15-31-46(43)54(41-24-9-3-10-25-41)48-33-17-18-34-49(48)55(42-26-11-4-12-27-42)47-32-16-14-29-44(47)45-30-19-35-50(54)53(45)55/h1-37H. The molecule has 262 valence electrons. The second-order valence-corrected chi connectivity index (χ2v) is 15.0. The van der Waals surface area contributed by atoms with Gasteiger partial charge in [0.1, 0.15) is 0 Å². The molecule has 2 aliphatic rings. The normalized spacial score (nSPS) is 17.4. The summed E-state index contributed by atoms with van der Waals surface area (Å²) < 4.78 is 0. The molecule has 0 saturated carbocycles. The first-order valence-electron chi connectivity index (χ1n) is 19.5. The molecule has 1 aromatic heterocycles. The number of hydrogen-bond acceptors (Lipinski definition) is 1. The fourth-order valence-corrected chi connectivity index (χ4v) is 10.1. The molecule has 0 fully saturated rings. The van der Waals surface area contributed by atoms with Gasteiger partial charge < -0.3 is 0 Å². The summed E-state index contributed by atoms with van der Waals surface area (Å²) >= 11 is 0. The third kappa shape index (κ3) is 4.52. The predicted octanol–water partition coefficient (Wildman–Crippen LogP) is 13.1. The molecule has 2 atom stereocenters. The fraction of sp³-hybridized carbons (Fsp3) is 0.0364. The van der Waals surface area contributed by atoms with Crippen molar-refractivity contribution in [3.05, 3.63) is 269 Å². The lowest BCUT2D eigenvalue weighted by Gasteiger charge is -2.50. The van der Waals surface area contributed by atoms with E-state index in [0.29, 0.717) is 0 Å². The monoisotopic (exact) mass is 711 g/mol. The SMILES string of the molecule is c1ccc(-c2cc(-c3ccccc3C3(c4ccccc4)c4ccccc4C4(c5ccccc5)c5ccccc5-c5cccc3c54)cc(-c3ccccc3)n2)cc1. The summed E-state index contributed by atoms with van der Waals surface area (Å²) in [7, 11) is 0. The van der Waals surface area contributed by atoms with Crippen LogP contribution in [-0.4, -0.2) is 4.98 Å². The van der Waals surface area contributed by atoms with Crippen molar-refractivity contribution >= 4 is 0 Å². The van der Waals surface area contributed by atoms with Gasteiger partial charge in [-0.2, -0.15) is 0 Å². The average Bonchev–Trinajstić information content (AvgIpc) is 3.60. The molecule has 1 heterocycles. The van der Waals surface area contributed by atoms with Gasteiger partial charge in [-0.1, -0.05) is 212 Å². The topological polar surface area (TPSA) is 12.9 Å². The summed E-state index contributed by atoms with van der Waals surface area (Å²) in [4.78, 5) is 5.28. The molecular weight excluding hydrogens is 675 g/mol. The van der Waals surface area contributed by atoms with Gasteiger partial charge in [0.05, 0.1) is 22.2 Å². The van der Waals surface area contributed by atoms with Gasteiger partial charge in [0.25, 0.3) is 0 Å². The van der Waals surface area contributed by atoms with Crippen LogP contribution in [0, 0.1) is 0 Å². The van der Waals surface area contributed by atoms with Gasteiger partial charge in [-0.3, -0.25) is 0 Å². The highest BCUT2D eigenvalue weighted by Crippen LogP contribution is 2.66.